The van der Waals surface area contributed by atoms with E-state index in [1.165, 1.54) is 7.11 Å². The molecule has 1 heterocycles. The summed E-state index contributed by atoms with van der Waals surface area (Å²) in [5, 5.41) is 0. The van der Waals surface area contributed by atoms with Crippen LogP contribution in [-0.2, 0) is 16.0 Å². The Morgan fingerprint density at radius 2 is 2.06 bits per heavy atom. The largest absolute Gasteiger partial charge is 0.465 e. The lowest BCUT2D eigenvalue weighted by atomic mass is 9.96. The predicted molar refractivity (Wildman–Crippen MR) is 71.2 cm³/mol. The lowest BCUT2D eigenvalue weighted by Crippen LogP contribution is -2.33. The summed E-state index contributed by atoms with van der Waals surface area (Å²) in [5.74, 6) is -0.155. The summed E-state index contributed by atoms with van der Waals surface area (Å²) in [6, 6.07) is 3.76. The van der Waals surface area contributed by atoms with Crippen LogP contribution >= 0.6 is 11.8 Å². The number of esters is 1. The van der Waals surface area contributed by atoms with Gasteiger partial charge in [-0.05, 0) is 44.0 Å². The van der Waals surface area contributed by atoms with Gasteiger partial charge in [-0.15, -0.1) is 11.8 Å². The first-order valence-corrected chi connectivity index (χ1v) is 6.61. The number of thioether (sulfide) groups is 1. The van der Waals surface area contributed by atoms with Gasteiger partial charge in [0.05, 0.1) is 17.4 Å². The van der Waals surface area contributed by atoms with E-state index in [-0.39, 0.29) is 16.5 Å². The number of Topliss-reactive ketones (excluding diaryl/α,β-unsaturated/α-hetero) is 1. The molecule has 1 aliphatic rings. The molecule has 4 heteroatoms. The smallest absolute Gasteiger partial charge is 0.338 e. The molecule has 0 bridgehead atoms. The number of ether oxygens (including phenoxy) is 1. The average molecular weight is 264 g/mol. The Balaban J connectivity index is 2.49. The summed E-state index contributed by atoms with van der Waals surface area (Å²) in [4.78, 5) is 24.7. The van der Waals surface area contributed by atoms with Crippen LogP contribution in [0.3, 0.4) is 0 Å². The number of carbonyl (C=O) groups excluding carboxylic acids is 2. The van der Waals surface area contributed by atoms with Gasteiger partial charge in [0.15, 0.2) is 5.78 Å². The highest BCUT2D eigenvalue weighted by Crippen LogP contribution is 2.41. The van der Waals surface area contributed by atoms with E-state index in [9.17, 15) is 9.59 Å². The topological polar surface area (TPSA) is 43.4 Å². The molecule has 2 rings (SSSR count). The van der Waals surface area contributed by atoms with E-state index in [2.05, 4.69) is 0 Å². The summed E-state index contributed by atoms with van der Waals surface area (Å²) < 4.78 is 4.36. The molecule has 1 aromatic rings. The normalized spacial score (nSPS) is 17.2. The Bertz CT molecular complexity index is 532. The van der Waals surface area contributed by atoms with Gasteiger partial charge in [0, 0.05) is 11.3 Å². The molecule has 0 saturated carbocycles. The molecule has 96 valence electrons. The number of aryl methyl sites for hydroxylation is 1. The third-order valence-corrected chi connectivity index (χ3v) is 4.54. The summed E-state index contributed by atoms with van der Waals surface area (Å²) in [5.41, 5.74) is 2.36. The van der Waals surface area contributed by atoms with Gasteiger partial charge in [0.25, 0.3) is 0 Å². The minimum absolute atomic E-state index is 0.194. The van der Waals surface area contributed by atoms with Gasteiger partial charge in [-0.25, -0.2) is 4.79 Å². The molecule has 0 saturated heterocycles. The fraction of sp³-hybridized carbons (Fsp3) is 0.429. The molecule has 0 atom stereocenters. The standard InChI is InChI=1S/C14H16O3S/c1-8-5-11-9(6-10(8)13(16)17-4)7-12(15)14(2,3)18-11/h5-6H,7H2,1-4H3. The highest BCUT2D eigenvalue weighted by Gasteiger charge is 2.34. The molecule has 3 nitrogen and oxygen atoms in total. The highest BCUT2D eigenvalue weighted by molar-refractivity contribution is 8.01. The number of rotatable bonds is 1. The SMILES string of the molecule is COC(=O)c1cc2c(cc1C)SC(C)(C)C(=O)C2. The summed E-state index contributed by atoms with van der Waals surface area (Å²) in [7, 11) is 1.37. The Labute approximate surface area is 111 Å². The molecule has 0 aliphatic carbocycles. The van der Waals surface area contributed by atoms with E-state index < -0.39 is 0 Å². The lowest BCUT2D eigenvalue weighted by Gasteiger charge is -2.29. The van der Waals surface area contributed by atoms with Crippen LogP contribution in [0.25, 0.3) is 0 Å². The molecule has 0 unspecified atom stereocenters. The van der Waals surface area contributed by atoms with Crippen molar-refractivity contribution in [2.24, 2.45) is 0 Å². The number of ketones is 1. The molecule has 18 heavy (non-hydrogen) atoms. The van der Waals surface area contributed by atoms with E-state index in [1.54, 1.807) is 17.8 Å². The van der Waals surface area contributed by atoms with Crippen LogP contribution in [0.15, 0.2) is 17.0 Å². The third-order valence-electron chi connectivity index (χ3n) is 3.20. The maximum atomic E-state index is 12.0. The van der Waals surface area contributed by atoms with Crippen molar-refractivity contribution in [3.63, 3.8) is 0 Å². The van der Waals surface area contributed by atoms with Gasteiger partial charge < -0.3 is 4.74 Å². The van der Waals surface area contributed by atoms with Crippen LogP contribution < -0.4 is 0 Å². The molecule has 0 spiro atoms. The third kappa shape index (κ3) is 2.17. The van der Waals surface area contributed by atoms with Gasteiger partial charge in [-0.1, -0.05) is 0 Å². The summed E-state index contributed by atoms with van der Waals surface area (Å²) in [6.07, 6.45) is 0.388. The molecule has 1 aliphatic heterocycles. The first kappa shape index (κ1) is 13.1. The van der Waals surface area contributed by atoms with Crippen LogP contribution in [-0.4, -0.2) is 23.6 Å². The molecule has 0 N–H and O–H groups in total. The number of hydrogen-bond donors (Lipinski definition) is 0. The maximum Gasteiger partial charge on any atom is 0.338 e. The zero-order valence-corrected chi connectivity index (χ0v) is 11.8. The van der Waals surface area contributed by atoms with E-state index in [0.717, 1.165) is 16.0 Å². The molecule has 0 aromatic heterocycles. The Hall–Kier alpha value is -1.29. The first-order valence-electron chi connectivity index (χ1n) is 5.79. The minimum atomic E-state index is -0.383. The first-order chi connectivity index (χ1) is 8.35. The van der Waals surface area contributed by atoms with E-state index in [1.807, 2.05) is 26.8 Å². The zero-order valence-electron chi connectivity index (χ0n) is 11.0. The number of carbonyl (C=O) groups is 2. The van der Waals surface area contributed by atoms with Crippen molar-refractivity contribution in [3.8, 4) is 0 Å². The Morgan fingerprint density at radius 3 is 2.67 bits per heavy atom. The number of methoxy groups -OCH3 is 1. The van der Waals surface area contributed by atoms with Gasteiger partial charge in [0.1, 0.15) is 0 Å². The monoisotopic (exact) mass is 264 g/mol. The van der Waals surface area contributed by atoms with Crippen molar-refractivity contribution >= 4 is 23.5 Å². The number of hydrogen-bond acceptors (Lipinski definition) is 4. The van der Waals surface area contributed by atoms with Gasteiger partial charge in [-0.3, -0.25) is 4.79 Å². The van der Waals surface area contributed by atoms with Crippen LogP contribution in [0.1, 0.15) is 35.3 Å². The van der Waals surface area contributed by atoms with Crippen molar-refractivity contribution < 1.29 is 14.3 Å². The average Bonchev–Trinajstić information content (AvgIpc) is 2.29. The van der Waals surface area contributed by atoms with Crippen LogP contribution in [0.2, 0.25) is 0 Å². The second kappa shape index (κ2) is 4.43. The van der Waals surface area contributed by atoms with Crippen molar-refractivity contribution in [1.82, 2.24) is 0 Å². The van der Waals surface area contributed by atoms with Crippen molar-refractivity contribution in [1.29, 1.82) is 0 Å². The van der Waals surface area contributed by atoms with Gasteiger partial charge in [-0.2, -0.15) is 0 Å². The zero-order chi connectivity index (χ0) is 13.5. The fourth-order valence-corrected chi connectivity index (χ4v) is 3.24. The second-order valence-corrected chi connectivity index (χ2v) is 6.64. The predicted octanol–water partition coefficient (Wildman–Crippen LogP) is 2.78. The molecular formula is C14H16O3S. The van der Waals surface area contributed by atoms with Crippen molar-refractivity contribution in [2.75, 3.05) is 7.11 Å². The summed E-state index contributed by atoms with van der Waals surface area (Å²) >= 11 is 1.56. The van der Waals surface area contributed by atoms with Gasteiger partial charge >= 0.3 is 5.97 Å². The van der Waals surface area contributed by atoms with E-state index in [4.69, 9.17) is 4.74 Å². The molecule has 1 aromatic carbocycles. The highest BCUT2D eigenvalue weighted by atomic mass is 32.2. The molecule has 0 radical (unpaired) electrons. The Morgan fingerprint density at radius 1 is 1.39 bits per heavy atom. The maximum absolute atomic E-state index is 12.0. The van der Waals surface area contributed by atoms with Crippen LogP contribution in [0, 0.1) is 6.92 Å². The molecule has 0 fully saturated rings. The Kier molecular flexibility index (Phi) is 3.23. The minimum Gasteiger partial charge on any atom is -0.465 e. The van der Waals surface area contributed by atoms with Crippen molar-refractivity contribution in [2.45, 2.75) is 36.8 Å². The van der Waals surface area contributed by atoms with Crippen LogP contribution in [0.5, 0.6) is 0 Å². The quantitative estimate of drug-likeness (QED) is 0.732. The van der Waals surface area contributed by atoms with Gasteiger partial charge in [0.2, 0.25) is 0 Å². The molecular weight excluding hydrogens is 248 g/mol. The second-order valence-electron chi connectivity index (χ2n) is 4.98. The van der Waals surface area contributed by atoms with Crippen LogP contribution in [0.4, 0.5) is 0 Å². The fourth-order valence-electron chi connectivity index (χ4n) is 2.01. The van der Waals surface area contributed by atoms with Crippen molar-refractivity contribution in [3.05, 3.63) is 28.8 Å². The van der Waals surface area contributed by atoms with E-state index in [0.29, 0.717) is 12.0 Å². The summed E-state index contributed by atoms with van der Waals surface area (Å²) in [6.45, 7) is 5.76. The lowest BCUT2D eigenvalue weighted by molar-refractivity contribution is -0.120. The number of benzene rings is 1. The molecule has 0 amide bonds. The van der Waals surface area contributed by atoms with E-state index >= 15 is 0 Å². The number of fused-ring (bicyclic) bond motifs is 1.